The summed E-state index contributed by atoms with van der Waals surface area (Å²) < 4.78 is 54.9. The van der Waals surface area contributed by atoms with E-state index >= 15 is 0 Å². The van der Waals surface area contributed by atoms with Crippen LogP contribution in [-0.4, -0.2) is 13.1 Å². The minimum absolute atomic E-state index is 0.226. The molecule has 112 valence electrons. The summed E-state index contributed by atoms with van der Waals surface area (Å²) in [5, 5.41) is 0. The van der Waals surface area contributed by atoms with Crippen LogP contribution < -0.4 is 4.48 Å². The van der Waals surface area contributed by atoms with Gasteiger partial charge in [-0.1, -0.05) is 18.2 Å². The van der Waals surface area contributed by atoms with Gasteiger partial charge in [-0.15, -0.1) is 0 Å². The van der Waals surface area contributed by atoms with Crippen LogP contribution in [0, 0.1) is 23.3 Å². The minimum Gasteiger partial charge on any atom is -0.254 e. The van der Waals surface area contributed by atoms with E-state index in [1.807, 2.05) is 0 Å². The molecule has 0 aromatic heterocycles. The molecule has 2 aromatic rings. The van der Waals surface area contributed by atoms with Crippen LogP contribution in [-0.2, 0) is 0 Å². The first kappa shape index (κ1) is 15.5. The van der Waals surface area contributed by atoms with Crippen molar-refractivity contribution in [2.24, 2.45) is 0 Å². The summed E-state index contributed by atoms with van der Waals surface area (Å²) in [6, 6.07) is 9.09. The van der Waals surface area contributed by atoms with E-state index in [9.17, 15) is 17.6 Å². The Labute approximate surface area is 121 Å². The molecule has 0 saturated carbocycles. The first-order chi connectivity index (χ1) is 9.97. The van der Waals surface area contributed by atoms with Crippen molar-refractivity contribution < 1.29 is 17.6 Å². The van der Waals surface area contributed by atoms with E-state index in [2.05, 4.69) is 0 Å². The topological polar surface area (TPSA) is 0 Å². The van der Waals surface area contributed by atoms with E-state index in [1.165, 1.54) is 0 Å². The van der Waals surface area contributed by atoms with Gasteiger partial charge in [0.1, 0.15) is 5.69 Å². The molecule has 5 heteroatoms. The number of hydrogen-bond donors (Lipinski definition) is 0. The Hall–Kier alpha value is -1.88. The molecule has 2 aromatic carbocycles. The van der Waals surface area contributed by atoms with Gasteiger partial charge in [0.15, 0.2) is 11.6 Å². The highest BCUT2D eigenvalue weighted by molar-refractivity contribution is 5.59. The number of para-hydroxylation sites is 1. The number of halogens is 4. The van der Waals surface area contributed by atoms with Crippen LogP contribution in [0.5, 0.6) is 0 Å². The number of nitrogens with zero attached hydrogens (tertiary/aromatic N) is 1. The van der Waals surface area contributed by atoms with Crippen LogP contribution in [0.15, 0.2) is 36.4 Å². The standard InChI is InChI=1S/C16H16F4N/c1-3-21(4-2,11-8-6-5-7-9-11)16-13(18)10-12(17)14(19)15(16)20/h5-10H,3-4H2,1-2H3/q+1. The molecule has 0 amide bonds. The first-order valence-corrected chi connectivity index (χ1v) is 6.74. The summed E-state index contributed by atoms with van der Waals surface area (Å²) in [6.07, 6.45) is 0. The van der Waals surface area contributed by atoms with Crippen molar-refractivity contribution in [1.82, 2.24) is 4.48 Å². The third kappa shape index (κ3) is 2.42. The average Bonchev–Trinajstić information content (AvgIpc) is 2.50. The maximum Gasteiger partial charge on any atom is 0.225 e. The summed E-state index contributed by atoms with van der Waals surface area (Å²) in [6.45, 7) is 4.10. The monoisotopic (exact) mass is 298 g/mol. The fraction of sp³-hybridized carbons (Fsp3) is 0.250. The molecular formula is C16H16F4N+. The number of benzene rings is 2. The second kappa shape index (κ2) is 5.85. The minimum atomic E-state index is -1.65. The predicted octanol–water partition coefficient (Wildman–Crippen LogP) is 4.92. The van der Waals surface area contributed by atoms with E-state index in [1.54, 1.807) is 44.2 Å². The highest BCUT2D eigenvalue weighted by atomic mass is 19.2. The second-order valence-electron chi connectivity index (χ2n) is 4.75. The maximum absolute atomic E-state index is 14.2. The number of quaternary nitrogens is 1. The Kier molecular flexibility index (Phi) is 4.32. The molecule has 0 atom stereocenters. The van der Waals surface area contributed by atoms with Crippen molar-refractivity contribution in [3.63, 3.8) is 0 Å². The van der Waals surface area contributed by atoms with E-state index < -0.39 is 29.0 Å². The van der Waals surface area contributed by atoms with Crippen molar-refractivity contribution in [1.29, 1.82) is 0 Å². The van der Waals surface area contributed by atoms with Crippen molar-refractivity contribution in [2.45, 2.75) is 13.8 Å². The summed E-state index contributed by atoms with van der Waals surface area (Å²) in [5.74, 6) is -5.72. The van der Waals surface area contributed by atoms with E-state index in [0.29, 0.717) is 24.8 Å². The van der Waals surface area contributed by atoms with Gasteiger partial charge in [-0.25, -0.2) is 13.2 Å². The first-order valence-electron chi connectivity index (χ1n) is 6.74. The van der Waals surface area contributed by atoms with Gasteiger partial charge < -0.3 is 0 Å². The lowest BCUT2D eigenvalue weighted by Gasteiger charge is -2.36. The number of hydrogen-bond acceptors (Lipinski definition) is 0. The largest absolute Gasteiger partial charge is 0.254 e. The molecule has 0 aliphatic carbocycles. The van der Waals surface area contributed by atoms with Crippen LogP contribution in [0.2, 0.25) is 0 Å². The highest BCUT2D eigenvalue weighted by Crippen LogP contribution is 2.39. The van der Waals surface area contributed by atoms with Crippen molar-refractivity contribution in [2.75, 3.05) is 13.1 Å². The van der Waals surface area contributed by atoms with Crippen LogP contribution in [0.1, 0.15) is 13.8 Å². The summed E-state index contributed by atoms with van der Waals surface area (Å²) >= 11 is 0. The smallest absolute Gasteiger partial charge is 0.225 e. The second-order valence-corrected chi connectivity index (χ2v) is 4.75. The molecule has 0 radical (unpaired) electrons. The van der Waals surface area contributed by atoms with Gasteiger partial charge in [0.2, 0.25) is 17.3 Å². The Bertz CT molecular complexity index is 636. The molecule has 0 fully saturated rings. The summed E-state index contributed by atoms with van der Waals surface area (Å²) in [4.78, 5) is 0. The molecule has 2 rings (SSSR count). The zero-order chi connectivity index (χ0) is 15.6. The SMILES string of the molecule is CC[N+](CC)(c1ccccc1)c1c(F)cc(F)c(F)c1F. The van der Waals surface area contributed by atoms with Gasteiger partial charge in [-0.05, 0) is 26.0 Å². The van der Waals surface area contributed by atoms with Crippen molar-refractivity contribution in [3.05, 3.63) is 59.7 Å². The zero-order valence-corrected chi connectivity index (χ0v) is 11.8. The zero-order valence-electron chi connectivity index (χ0n) is 11.8. The van der Waals surface area contributed by atoms with E-state index in [4.69, 9.17) is 0 Å². The average molecular weight is 298 g/mol. The molecule has 21 heavy (non-hydrogen) atoms. The summed E-state index contributed by atoms with van der Waals surface area (Å²) in [5.41, 5.74) is 0.149. The molecule has 0 unspecified atom stereocenters. The van der Waals surface area contributed by atoms with Gasteiger partial charge in [-0.2, -0.15) is 4.39 Å². The normalized spacial score (nSPS) is 11.7. The van der Waals surface area contributed by atoms with E-state index in [0.717, 1.165) is 0 Å². The Morgan fingerprint density at radius 2 is 1.38 bits per heavy atom. The van der Waals surface area contributed by atoms with Crippen LogP contribution in [0.3, 0.4) is 0 Å². The number of rotatable bonds is 4. The Morgan fingerprint density at radius 1 is 0.810 bits per heavy atom. The molecule has 0 aliphatic rings. The lowest BCUT2D eigenvalue weighted by Crippen LogP contribution is -2.45. The quantitative estimate of drug-likeness (QED) is 0.325. The highest BCUT2D eigenvalue weighted by Gasteiger charge is 2.38. The molecule has 0 N–H and O–H groups in total. The molecule has 0 spiro atoms. The van der Waals surface area contributed by atoms with Gasteiger partial charge >= 0.3 is 0 Å². The fourth-order valence-corrected chi connectivity index (χ4v) is 2.70. The Balaban J connectivity index is 2.79. The van der Waals surface area contributed by atoms with Gasteiger partial charge in [0.25, 0.3) is 0 Å². The fourth-order valence-electron chi connectivity index (χ4n) is 2.70. The van der Waals surface area contributed by atoms with Gasteiger partial charge in [-0.3, -0.25) is 4.48 Å². The van der Waals surface area contributed by atoms with Crippen LogP contribution in [0.4, 0.5) is 28.9 Å². The predicted molar refractivity (Wildman–Crippen MR) is 75.3 cm³/mol. The van der Waals surface area contributed by atoms with E-state index in [-0.39, 0.29) is 4.48 Å². The molecule has 1 nitrogen and oxygen atoms in total. The molecular weight excluding hydrogens is 282 g/mol. The third-order valence-corrected chi connectivity index (χ3v) is 3.85. The maximum atomic E-state index is 14.2. The molecule has 0 aliphatic heterocycles. The van der Waals surface area contributed by atoms with Crippen LogP contribution in [0.25, 0.3) is 0 Å². The Morgan fingerprint density at radius 3 is 1.90 bits per heavy atom. The third-order valence-electron chi connectivity index (χ3n) is 3.85. The van der Waals surface area contributed by atoms with Crippen LogP contribution >= 0.6 is 0 Å². The molecule has 0 heterocycles. The van der Waals surface area contributed by atoms with Crippen molar-refractivity contribution in [3.8, 4) is 0 Å². The van der Waals surface area contributed by atoms with Gasteiger partial charge in [0, 0.05) is 6.07 Å². The van der Waals surface area contributed by atoms with Crippen molar-refractivity contribution >= 4 is 11.4 Å². The summed E-state index contributed by atoms with van der Waals surface area (Å²) in [7, 11) is 0. The lowest BCUT2D eigenvalue weighted by molar-refractivity contribution is 0.361. The van der Waals surface area contributed by atoms with Gasteiger partial charge in [0.05, 0.1) is 13.1 Å². The molecule has 0 saturated heterocycles. The lowest BCUT2D eigenvalue weighted by atomic mass is 10.1. The molecule has 0 bridgehead atoms.